The van der Waals surface area contributed by atoms with Crippen molar-refractivity contribution >= 4 is 23.2 Å². The molecule has 0 spiro atoms. The maximum atomic E-state index is 11.5. The van der Waals surface area contributed by atoms with Crippen molar-refractivity contribution in [2.24, 2.45) is 0 Å². The summed E-state index contributed by atoms with van der Waals surface area (Å²) >= 11 is 5.51. The minimum atomic E-state index is -0.0768. The second kappa shape index (κ2) is 5.75. The number of phenolic OH excluding ortho intramolecular Hbond substituents is 1. The normalized spacial score (nSPS) is 10.2. The molecule has 0 bridgehead atoms. The Balaban J connectivity index is 2.74. The smallest absolute Gasteiger partial charge is 0.224 e. The number of amides is 1. The molecule has 0 fully saturated rings. The highest BCUT2D eigenvalue weighted by atomic mass is 35.5. The number of halogens is 1. The lowest BCUT2D eigenvalue weighted by atomic mass is 10.1. The zero-order chi connectivity index (χ0) is 12.1. The molecule has 2 N–H and O–H groups in total. The Kier molecular flexibility index (Phi) is 4.62. The Hall–Kier alpha value is -1.22. The molecular formula is C12H16ClNO2. The summed E-state index contributed by atoms with van der Waals surface area (Å²) in [5.74, 6) is 0.632. The van der Waals surface area contributed by atoms with Crippen LogP contribution >= 0.6 is 11.6 Å². The Labute approximate surface area is 100 Å². The number of nitrogens with one attached hydrogen (secondary N) is 1. The predicted octanol–water partition coefficient (Wildman–Crippen LogP) is 2.97. The highest BCUT2D eigenvalue weighted by Gasteiger charge is 2.08. The van der Waals surface area contributed by atoms with Gasteiger partial charge in [0.15, 0.2) is 0 Å². The van der Waals surface area contributed by atoms with E-state index in [1.165, 1.54) is 0 Å². The largest absolute Gasteiger partial charge is 0.507 e. The van der Waals surface area contributed by atoms with Crippen molar-refractivity contribution in [1.29, 1.82) is 0 Å². The molecule has 88 valence electrons. The number of phenols is 1. The van der Waals surface area contributed by atoms with Crippen LogP contribution in [-0.2, 0) is 4.79 Å². The molecule has 16 heavy (non-hydrogen) atoms. The molecule has 0 saturated carbocycles. The molecule has 1 rings (SSSR count). The molecule has 1 aromatic carbocycles. The van der Waals surface area contributed by atoms with Gasteiger partial charge in [-0.15, -0.1) is 11.6 Å². The molecule has 0 unspecified atom stereocenters. The van der Waals surface area contributed by atoms with Crippen LogP contribution in [0.5, 0.6) is 5.75 Å². The summed E-state index contributed by atoms with van der Waals surface area (Å²) in [5.41, 5.74) is 2.15. The summed E-state index contributed by atoms with van der Waals surface area (Å²) in [6, 6.07) is 3.57. The minimum absolute atomic E-state index is 0.0768. The van der Waals surface area contributed by atoms with Gasteiger partial charge < -0.3 is 10.4 Å². The zero-order valence-corrected chi connectivity index (χ0v) is 10.3. The van der Waals surface area contributed by atoms with Gasteiger partial charge in [0.25, 0.3) is 0 Å². The van der Waals surface area contributed by atoms with E-state index in [2.05, 4.69) is 5.32 Å². The lowest BCUT2D eigenvalue weighted by Crippen LogP contribution is -2.12. The molecule has 0 atom stereocenters. The summed E-state index contributed by atoms with van der Waals surface area (Å²) in [7, 11) is 0. The van der Waals surface area contributed by atoms with Gasteiger partial charge in [0.05, 0.1) is 0 Å². The van der Waals surface area contributed by atoms with E-state index in [0.717, 1.165) is 5.56 Å². The number of carbonyl (C=O) groups excluding carboxylic acids is 1. The van der Waals surface area contributed by atoms with Crippen molar-refractivity contribution in [3.63, 3.8) is 0 Å². The van der Waals surface area contributed by atoms with Crippen molar-refractivity contribution in [3.05, 3.63) is 23.3 Å². The van der Waals surface area contributed by atoms with Crippen LogP contribution in [0.1, 0.15) is 24.0 Å². The average Bonchev–Trinajstić information content (AvgIpc) is 2.27. The third kappa shape index (κ3) is 3.14. The molecule has 0 saturated heterocycles. The Morgan fingerprint density at radius 1 is 1.44 bits per heavy atom. The summed E-state index contributed by atoms with van der Waals surface area (Å²) in [4.78, 5) is 11.5. The van der Waals surface area contributed by atoms with Gasteiger partial charge >= 0.3 is 0 Å². The van der Waals surface area contributed by atoms with Gasteiger partial charge in [0.2, 0.25) is 5.91 Å². The van der Waals surface area contributed by atoms with Gasteiger partial charge in [-0.05, 0) is 31.9 Å². The van der Waals surface area contributed by atoms with Gasteiger partial charge in [-0.1, -0.05) is 6.07 Å². The number of benzene rings is 1. The van der Waals surface area contributed by atoms with E-state index in [1.54, 1.807) is 19.1 Å². The average molecular weight is 242 g/mol. The van der Waals surface area contributed by atoms with Gasteiger partial charge in [-0.2, -0.15) is 0 Å². The molecule has 0 aliphatic carbocycles. The van der Waals surface area contributed by atoms with E-state index in [-0.39, 0.29) is 11.7 Å². The molecule has 0 radical (unpaired) electrons. The molecule has 1 amide bonds. The second-order valence-corrected chi connectivity index (χ2v) is 4.12. The van der Waals surface area contributed by atoms with E-state index in [1.807, 2.05) is 6.92 Å². The first-order valence-corrected chi connectivity index (χ1v) is 5.74. The standard InChI is InChI=1S/C12H16ClNO2/c1-8-5-6-10(9(2)12(8)16)14-11(15)4-3-7-13/h5-6,16H,3-4,7H2,1-2H3,(H,14,15). The van der Waals surface area contributed by atoms with Crippen LogP contribution in [0.3, 0.4) is 0 Å². The van der Waals surface area contributed by atoms with Crippen molar-refractivity contribution in [2.75, 3.05) is 11.2 Å². The Morgan fingerprint density at radius 2 is 2.12 bits per heavy atom. The zero-order valence-electron chi connectivity index (χ0n) is 9.51. The number of aromatic hydroxyl groups is 1. The molecule has 4 heteroatoms. The number of carbonyl (C=O) groups is 1. The van der Waals surface area contributed by atoms with Crippen molar-refractivity contribution in [3.8, 4) is 5.75 Å². The van der Waals surface area contributed by atoms with Gasteiger partial charge in [-0.3, -0.25) is 4.79 Å². The quantitative estimate of drug-likeness (QED) is 0.797. The van der Waals surface area contributed by atoms with Crippen LogP contribution < -0.4 is 5.32 Å². The molecule has 1 aromatic rings. The minimum Gasteiger partial charge on any atom is -0.507 e. The van der Waals surface area contributed by atoms with Gasteiger partial charge in [-0.25, -0.2) is 0 Å². The van der Waals surface area contributed by atoms with Crippen LogP contribution in [0.15, 0.2) is 12.1 Å². The lowest BCUT2D eigenvalue weighted by Gasteiger charge is -2.11. The van der Waals surface area contributed by atoms with Crippen LogP contribution in [0, 0.1) is 13.8 Å². The number of alkyl halides is 1. The Morgan fingerprint density at radius 3 is 2.75 bits per heavy atom. The maximum Gasteiger partial charge on any atom is 0.224 e. The van der Waals surface area contributed by atoms with Crippen molar-refractivity contribution in [1.82, 2.24) is 0 Å². The first-order valence-electron chi connectivity index (χ1n) is 5.21. The van der Waals surface area contributed by atoms with E-state index < -0.39 is 0 Å². The summed E-state index contributed by atoms with van der Waals surface area (Å²) < 4.78 is 0. The fourth-order valence-corrected chi connectivity index (χ4v) is 1.54. The Bertz CT molecular complexity index is 391. The number of hydrogen-bond acceptors (Lipinski definition) is 2. The van der Waals surface area contributed by atoms with E-state index >= 15 is 0 Å². The first kappa shape index (κ1) is 12.8. The monoisotopic (exact) mass is 241 g/mol. The summed E-state index contributed by atoms with van der Waals surface area (Å²) in [6.07, 6.45) is 1.06. The molecule has 0 aliphatic rings. The number of aryl methyl sites for hydroxylation is 1. The molecule has 0 aliphatic heterocycles. The third-order valence-electron chi connectivity index (χ3n) is 2.44. The molecule has 0 heterocycles. The van der Waals surface area contributed by atoms with Gasteiger partial charge in [0, 0.05) is 23.6 Å². The van der Waals surface area contributed by atoms with E-state index in [9.17, 15) is 9.90 Å². The van der Waals surface area contributed by atoms with Gasteiger partial charge in [0.1, 0.15) is 5.75 Å². The van der Waals surface area contributed by atoms with Crippen LogP contribution in [-0.4, -0.2) is 16.9 Å². The predicted molar refractivity (Wildman–Crippen MR) is 66.2 cm³/mol. The van der Waals surface area contributed by atoms with Crippen LogP contribution in [0.2, 0.25) is 0 Å². The lowest BCUT2D eigenvalue weighted by molar-refractivity contribution is -0.116. The fraction of sp³-hybridized carbons (Fsp3) is 0.417. The van der Waals surface area contributed by atoms with Crippen LogP contribution in [0.4, 0.5) is 5.69 Å². The second-order valence-electron chi connectivity index (χ2n) is 3.74. The van der Waals surface area contributed by atoms with Crippen molar-refractivity contribution < 1.29 is 9.90 Å². The van der Waals surface area contributed by atoms with Crippen molar-refractivity contribution in [2.45, 2.75) is 26.7 Å². The van der Waals surface area contributed by atoms with Crippen LogP contribution in [0.25, 0.3) is 0 Å². The first-order chi connectivity index (χ1) is 7.56. The highest BCUT2D eigenvalue weighted by Crippen LogP contribution is 2.28. The topological polar surface area (TPSA) is 49.3 Å². The fourth-order valence-electron chi connectivity index (χ4n) is 1.41. The third-order valence-corrected chi connectivity index (χ3v) is 2.71. The molecule has 3 nitrogen and oxygen atoms in total. The van der Waals surface area contributed by atoms with E-state index in [4.69, 9.17) is 11.6 Å². The number of rotatable bonds is 4. The highest BCUT2D eigenvalue weighted by molar-refractivity contribution is 6.18. The van der Waals surface area contributed by atoms with E-state index in [0.29, 0.717) is 30.0 Å². The maximum absolute atomic E-state index is 11.5. The number of anilines is 1. The SMILES string of the molecule is Cc1ccc(NC(=O)CCCCl)c(C)c1O. The number of hydrogen-bond donors (Lipinski definition) is 2. The summed E-state index contributed by atoms with van der Waals surface area (Å²) in [5, 5.41) is 12.5. The molecular weight excluding hydrogens is 226 g/mol. The summed E-state index contributed by atoms with van der Waals surface area (Å²) in [6.45, 7) is 3.60. The molecule has 0 aromatic heterocycles.